The van der Waals surface area contributed by atoms with Crippen molar-refractivity contribution in [3.8, 4) is 0 Å². The number of pyridine rings is 1. The van der Waals surface area contributed by atoms with Crippen LogP contribution in [-0.2, 0) is 14.2 Å². The third-order valence-corrected chi connectivity index (χ3v) is 4.98. The molecule has 0 radical (unpaired) electrons. The SMILES string of the molecule is CN(CCC1OCCO1)C(=O)c1cnc2c(c1)ncn2C1CCOCC1. The van der Waals surface area contributed by atoms with E-state index in [9.17, 15) is 4.79 Å². The van der Waals surface area contributed by atoms with E-state index in [4.69, 9.17) is 14.2 Å². The molecule has 2 aromatic rings. The van der Waals surface area contributed by atoms with Crippen LogP contribution < -0.4 is 0 Å². The molecule has 0 aromatic carbocycles. The average molecular weight is 360 g/mol. The summed E-state index contributed by atoms with van der Waals surface area (Å²) in [4.78, 5) is 23.3. The number of carbonyl (C=O) groups is 1. The Hall–Kier alpha value is -2.03. The number of fused-ring (bicyclic) bond motifs is 1. The van der Waals surface area contributed by atoms with Gasteiger partial charge in [-0.05, 0) is 18.9 Å². The molecule has 2 aromatic heterocycles. The number of rotatable bonds is 5. The van der Waals surface area contributed by atoms with Gasteiger partial charge in [0.25, 0.3) is 5.91 Å². The topological polar surface area (TPSA) is 78.7 Å². The molecule has 0 N–H and O–H groups in total. The summed E-state index contributed by atoms with van der Waals surface area (Å²) in [5.41, 5.74) is 2.12. The highest BCUT2D eigenvalue weighted by Gasteiger charge is 2.21. The van der Waals surface area contributed by atoms with Gasteiger partial charge >= 0.3 is 0 Å². The molecule has 8 heteroatoms. The van der Waals surface area contributed by atoms with Gasteiger partial charge in [0.15, 0.2) is 11.9 Å². The smallest absolute Gasteiger partial charge is 0.255 e. The Kier molecular flexibility index (Phi) is 5.14. The lowest BCUT2D eigenvalue weighted by Crippen LogP contribution is -2.30. The number of imidazole rings is 1. The quantitative estimate of drug-likeness (QED) is 0.806. The average Bonchev–Trinajstić information content (AvgIpc) is 3.35. The lowest BCUT2D eigenvalue weighted by Gasteiger charge is -2.23. The predicted molar refractivity (Wildman–Crippen MR) is 93.9 cm³/mol. The van der Waals surface area contributed by atoms with Crippen LogP contribution >= 0.6 is 0 Å². The molecule has 140 valence electrons. The van der Waals surface area contributed by atoms with Gasteiger partial charge in [-0.1, -0.05) is 0 Å². The van der Waals surface area contributed by atoms with Crippen molar-refractivity contribution in [2.24, 2.45) is 0 Å². The minimum Gasteiger partial charge on any atom is -0.381 e. The molecule has 26 heavy (non-hydrogen) atoms. The van der Waals surface area contributed by atoms with Gasteiger partial charge in [0.1, 0.15) is 5.52 Å². The molecule has 2 saturated heterocycles. The molecule has 4 rings (SSSR count). The fourth-order valence-corrected chi connectivity index (χ4v) is 3.46. The second kappa shape index (κ2) is 7.69. The minimum absolute atomic E-state index is 0.0713. The molecule has 0 aliphatic carbocycles. The maximum absolute atomic E-state index is 12.7. The monoisotopic (exact) mass is 360 g/mol. The standard InChI is InChI=1S/C18H24N4O4/c1-21(5-2-16-25-8-9-26-16)18(23)13-10-15-17(19-11-13)22(12-20-15)14-3-6-24-7-4-14/h10-12,14,16H,2-9H2,1H3. The van der Waals surface area contributed by atoms with E-state index < -0.39 is 0 Å². The lowest BCUT2D eigenvalue weighted by molar-refractivity contribution is -0.0494. The van der Waals surface area contributed by atoms with Gasteiger partial charge in [0, 0.05) is 45.5 Å². The van der Waals surface area contributed by atoms with Gasteiger partial charge in [0.05, 0.1) is 25.1 Å². The second-order valence-electron chi connectivity index (χ2n) is 6.75. The van der Waals surface area contributed by atoms with Crippen molar-refractivity contribution in [2.45, 2.75) is 31.6 Å². The van der Waals surface area contributed by atoms with E-state index in [0.717, 1.165) is 37.2 Å². The van der Waals surface area contributed by atoms with Crippen molar-refractivity contribution in [1.29, 1.82) is 0 Å². The van der Waals surface area contributed by atoms with Gasteiger partial charge in [-0.2, -0.15) is 0 Å². The first kappa shape index (κ1) is 17.4. The Balaban J connectivity index is 1.45. The Morgan fingerprint density at radius 2 is 2.00 bits per heavy atom. The Labute approximate surface area is 152 Å². The molecule has 2 aliphatic rings. The van der Waals surface area contributed by atoms with Crippen molar-refractivity contribution in [2.75, 3.05) is 40.0 Å². The maximum atomic E-state index is 12.7. The summed E-state index contributed by atoms with van der Waals surface area (Å²) in [6.45, 7) is 3.34. The zero-order valence-corrected chi connectivity index (χ0v) is 15.0. The van der Waals surface area contributed by atoms with Gasteiger partial charge < -0.3 is 23.7 Å². The van der Waals surface area contributed by atoms with Crippen LogP contribution in [0.2, 0.25) is 0 Å². The van der Waals surface area contributed by atoms with Crippen LogP contribution in [0.1, 0.15) is 35.7 Å². The fourth-order valence-electron chi connectivity index (χ4n) is 3.46. The van der Waals surface area contributed by atoms with E-state index in [0.29, 0.717) is 37.8 Å². The molecule has 0 unspecified atom stereocenters. The van der Waals surface area contributed by atoms with Crippen molar-refractivity contribution >= 4 is 17.1 Å². The Morgan fingerprint density at radius 1 is 1.23 bits per heavy atom. The maximum Gasteiger partial charge on any atom is 0.255 e. The molecular formula is C18H24N4O4. The molecule has 0 bridgehead atoms. The Bertz CT molecular complexity index is 766. The summed E-state index contributed by atoms with van der Waals surface area (Å²) < 4.78 is 18.4. The number of amides is 1. The van der Waals surface area contributed by atoms with E-state index >= 15 is 0 Å². The second-order valence-corrected chi connectivity index (χ2v) is 6.75. The zero-order valence-electron chi connectivity index (χ0n) is 15.0. The van der Waals surface area contributed by atoms with Crippen LogP contribution in [0.15, 0.2) is 18.6 Å². The van der Waals surface area contributed by atoms with Crippen molar-refractivity contribution < 1.29 is 19.0 Å². The number of carbonyl (C=O) groups excluding carboxylic acids is 1. The molecule has 0 spiro atoms. The number of hydrogen-bond acceptors (Lipinski definition) is 6. The van der Waals surface area contributed by atoms with E-state index in [2.05, 4.69) is 14.5 Å². The first-order valence-electron chi connectivity index (χ1n) is 9.11. The summed E-state index contributed by atoms with van der Waals surface area (Å²) in [6.07, 6.45) is 5.84. The zero-order chi connectivity index (χ0) is 17.9. The van der Waals surface area contributed by atoms with E-state index in [1.165, 1.54) is 0 Å². The summed E-state index contributed by atoms with van der Waals surface area (Å²) in [5.74, 6) is -0.0713. The van der Waals surface area contributed by atoms with Gasteiger partial charge in [0.2, 0.25) is 0 Å². The van der Waals surface area contributed by atoms with E-state index in [-0.39, 0.29) is 12.2 Å². The first-order chi connectivity index (χ1) is 12.7. The molecule has 0 saturated carbocycles. The number of ether oxygens (including phenoxy) is 3. The highest BCUT2D eigenvalue weighted by Crippen LogP contribution is 2.25. The molecule has 1 amide bonds. The summed E-state index contributed by atoms with van der Waals surface area (Å²) in [6, 6.07) is 2.18. The van der Waals surface area contributed by atoms with Crippen molar-refractivity contribution in [1.82, 2.24) is 19.4 Å². The van der Waals surface area contributed by atoms with Gasteiger partial charge in [-0.15, -0.1) is 0 Å². The number of aromatic nitrogens is 3. The minimum atomic E-state index is -0.207. The largest absolute Gasteiger partial charge is 0.381 e. The van der Waals surface area contributed by atoms with E-state index in [1.807, 2.05) is 12.4 Å². The van der Waals surface area contributed by atoms with E-state index in [1.54, 1.807) is 18.1 Å². The third kappa shape index (κ3) is 3.58. The van der Waals surface area contributed by atoms with Gasteiger partial charge in [-0.25, -0.2) is 9.97 Å². The fraction of sp³-hybridized carbons (Fsp3) is 0.611. The first-order valence-corrected chi connectivity index (χ1v) is 9.11. The molecule has 2 aliphatic heterocycles. The number of nitrogens with zero attached hydrogens (tertiary/aromatic N) is 4. The normalized spacial score (nSPS) is 19.3. The molecular weight excluding hydrogens is 336 g/mol. The van der Waals surface area contributed by atoms with Crippen LogP contribution in [0, 0.1) is 0 Å². The molecule has 8 nitrogen and oxygen atoms in total. The van der Waals surface area contributed by atoms with Crippen LogP contribution in [0.3, 0.4) is 0 Å². The highest BCUT2D eigenvalue weighted by atomic mass is 16.7. The Morgan fingerprint density at radius 3 is 2.77 bits per heavy atom. The van der Waals surface area contributed by atoms with Crippen LogP contribution in [0.25, 0.3) is 11.2 Å². The third-order valence-electron chi connectivity index (χ3n) is 4.98. The molecule has 0 atom stereocenters. The van der Waals surface area contributed by atoms with Gasteiger partial charge in [-0.3, -0.25) is 4.79 Å². The predicted octanol–water partition coefficient (Wildman–Crippen LogP) is 1.62. The van der Waals surface area contributed by atoms with Crippen molar-refractivity contribution in [3.63, 3.8) is 0 Å². The van der Waals surface area contributed by atoms with Crippen LogP contribution in [0.5, 0.6) is 0 Å². The van der Waals surface area contributed by atoms with Crippen molar-refractivity contribution in [3.05, 3.63) is 24.2 Å². The number of hydrogen-bond donors (Lipinski definition) is 0. The summed E-state index contributed by atoms with van der Waals surface area (Å²) >= 11 is 0. The molecule has 2 fully saturated rings. The summed E-state index contributed by atoms with van der Waals surface area (Å²) in [5, 5.41) is 0. The van der Waals surface area contributed by atoms with Crippen LogP contribution in [0.4, 0.5) is 0 Å². The lowest BCUT2D eigenvalue weighted by atomic mass is 10.1. The summed E-state index contributed by atoms with van der Waals surface area (Å²) in [7, 11) is 1.78. The van der Waals surface area contributed by atoms with Crippen LogP contribution in [-0.4, -0.2) is 71.7 Å². The highest BCUT2D eigenvalue weighted by molar-refractivity contribution is 5.96. The molecule has 4 heterocycles.